The Kier molecular flexibility index (Phi) is 7.62. The summed E-state index contributed by atoms with van der Waals surface area (Å²) in [4.78, 5) is 0. The second-order valence-electron chi connectivity index (χ2n) is 5.02. The molecule has 0 saturated carbocycles. The predicted molar refractivity (Wildman–Crippen MR) is 83.8 cm³/mol. The van der Waals surface area contributed by atoms with Gasteiger partial charge in [-0.1, -0.05) is 46.1 Å². The van der Waals surface area contributed by atoms with E-state index in [0.29, 0.717) is 16.4 Å². The van der Waals surface area contributed by atoms with Gasteiger partial charge >= 0.3 is 0 Å². The molecular formula is C16H25BrFN. The van der Waals surface area contributed by atoms with E-state index in [-0.39, 0.29) is 5.82 Å². The van der Waals surface area contributed by atoms with Crippen LogP contribution in [0.2, 0.25) is 0 Å². The van der Waals surface area contributed by atoms with Gasteiger partial charge in [0.05, 0.1) is 4.47 Å². The summed E-state index contributed by atoms with van der Waals surface area (Å²) in [5.74, 6) is 0.415. The van der Waals surface area contributed by atoms with E-state index in [1.165, 1.54) is 24.8 Å². The van der Waals surface area contributed by atoms with Crippen molar-refractivity contribution in [3.63, 3.8) is 0 Å². The third-order valence-electron chi connectivity index (χ3n) is 3.65. The van der Waals surface area contributed by atoms with Crippen molar-refractivity contribution in [2.75, 3.05) is 6.54 Å². The SMILES string of the molecule is CCCCC(CC)C(NCC)c1ccc(F)c(Br)c1. The van der Waals surface area contributed by atoms with Gasteiger partial charge in [-0.05, 0) is 52.5 Å². The zero-order valence-electron chi connectivity index (χ0n) is 12.2. The zero-order valence-corrected chi connectivity index (χ0v) is 13.8. The summed E-state index contributed by atoms with van der Waals surface area (Å²) >= 11 is 3.29. The molecule has 19 heavy (non-hydrogen) atoms. The van der Waals surface area contributed by atoms with Crippen LogP contribution in [0.25, 0.3) is 0 Å². The van der Waals surface area contributed by atoms with Gasteiger partial charge in [0.2, 0.25) is 0 Å². The Labute approximate surface area is 125 Å². The summed E-state index contributed by atoms with van der Waals surface area (Å²) in [5, 5.41) is 3.56. The van der Waals surface area contributed by atoms with Crippen molar-refractivity contribution in [2.45, 2.75) is 52.5 Å². The molecule has 1 nitrogen and oxygen atoms in total. The molecule has 0 spiro atoms. The van der Waals surface area contributed by atoms with Crippen LogP contribution in [0.5, 0.6) is 0 Å². The fourth-order valence-corrected chi connectivity index (χ4v) is 2.95. The molecule has 1 rings (SSSR count). The first-order valence-electron chi connectivity index (χ1n) is 7.32. The van der Waals surface area contributed by atoms with Crippen LogP contribution in [0.3, 0.4) is 0 Å². The quantitative estimate of drug-likeness (QED) is 0.668. The molecule has 1 aromatic carbocycles. The van der Waals surface area contributed by atoms with Gasteiger partial charge in [-0.3, -0.25) is 0 Å². The Morgan fingerprint density at radius 2 is 2.00 bits per heavy atom. The highest BCUT2D eigenvalue weighted by Gasteiger charge is 2.21. The number of rotatable bonds is 8. The fourth-order valence-electron chi connectivity index (χ4n) is 2.56. The summed E-state index contributed by atoms with van der Waals surface area (Å²) < 4.78 is 13.9. The van der Waals surface area contributed by atoms with Crippen LogP contribution >= 0.6 is 15.9 Å². The maximum absolute atomic E-state index is 13.4. The highest BCUT2D eigenvalue weighted by Crippen LogP contribution is 2.31. The zero-order chi connectivity index (χ0) is 14.3. The third-order valence-corrected chi connectivity index (χ3v) is 4.26. The standard InChI is InChI=1S/C16H25BrFN/c1-4-7-8-12(5-2)16(19-6-3)13-9-10-15(18)14(17)11-13/h9-12,16,19H,4-8H2,1-3H3. The van der Waals surface area contributed by atoms with Crippen molar-refractivity contribution in [3.05, 3.63) is 34.1 Å². The van der Waals surface area contributed by atoms with Crippen molar-refractivity contribution in [1.29, 1.82) is 0 Å². The van der Waals surface area contributed by atoms with Crippen LogP contribution < -0.4 is 5.32 Å². The van der Waals surface area contributed by atoms with Crippen LogP contribution in [-0.4, -0.2) is 6.54 Å². The van der Waals surface area contributed by atoms with Crippen molar-refractivity contribution >= 4 is 15.9 Å². The lowest BCUT2D eigenvalue weighted by molar-refractivity contribution is 0.327. The van der Waals surface area contributed by atoms with Crippen LogP contribution in [0, 0.1) is 11.7 Å². The summed E-state index contributed by atoms with van der Waals surface area (Å²) in [7, 11) is 0. The van der Waals surface area contributed by atoms with Crippen molar-refractivity contribution < 1.29 is 4.39 Å². The second kappa shape index (κ2) is 8.70. The molecule has 0 aromatic heterocycles. The van der Waals surface area contributed by atoms with Crippen molar-refractivity contribution in [1.82, 2.24) is 5.32 Å². The molecule has 0 bridgehead atoms. The fraction of sp³-hybridized carbons (Fsp3) is 0.625. The largest absolute Gasteiger partial charge is 0.310 e. The van der Waals surface area contributed by atoms with Gasteiger partial charge in [0.1, 0.15) is 5.82 Å². The minimum absolute atomic E-state index is 0.194. The summed E-state index contributed by atoms with van der Waals surface area (Å²) in [5.41, 5.74) is 1.18. The first-order chi connectivity index (χ1) is 9.13. The molecule has 0 saturated heterocycles. The molecule has 0 fully saturated rings. The molecule has 2 atom stereocenters. The van der Waals surface area contributed by atoms with Gasteiger partial charge in [0, 0.05) is 6.04 Å². The van der Waals surface area contributed by atoms with Crippen LogP contribution in [0.1, 0.15) is 58.1 Å². The van der Waals surface area contributed by atoms with Gasteiger partial charge in [0.15, 0.2) is 0 Å². The molecule has 0 aliphatic carbocycles. The van der Waals surface area contributed by atoms with E-state index in [9.17, 15) is 4.39 Å². The van der Waals surface area contributed by atoms with E-state index < -0.39 is 0 Å². The number of unbranched alkanes of at least 4 members (excludes halogenated alkanes) is 1. The molecule has 0 amide bonds. The Morgan fingerprint density at radius 3 is 2.53 bits per heavy atom. The average Bonchev–Trinajstić information content (AvgIpc) is 2.41. The van der Waals surface area contributed by atoms with Gasteiger partial charge < -0.3 is 5.32 Å². The molecule has 2 unspecified atom stereocenters. The van der Waals surface area contributed by atoms with Crippen LogP contribution in [0.15, 0.2) is 22.7 Å². The summed E-state index contributed by atoms with van der Waals surface area (Å²) in [6.07, 6.45) is 4.84. The van der Waals surface area contributed by atoms with Gasteiger partial charge in [-0.25, -0.2) is 4.39 Å². The molecule has 1 N–H and O–H groups in total. The molecule has 1 aromatic rings. The van der Waals surface area contributed by atoms with Crippen LogP contribution in [-0.2, 0) is 0 Å². The topological polar surface area (TPSA) is 12.0 Å². The maximum atomic E-state index is 13.4. The Morgan fingerprint density at radius 1 is 1.26 bits per heavy atom. The third kappa shape index (κ3) is 4.88. The first-order valence-corrected chi connectivity index (χ1v) is 8.11. The predicted octanol–water partition coefficient (Wildman–Crippen LogP) is 5.46. The minimum Gasteiger partial charge on any atom is -0.310 e. The summed E-state index contributed by atoms with van der Waals surface area (Å²) in [6.45, 7) is 7.52. The second-order valence-corrected chi connectivity index (χ2v) is 5.87. The molecule has 0 aliphatic rings. The lowest BCUT2D eigenvalue weighted by Crippen LogP contribution is -2.28. The highest BCUT2D eigenvalue weighted by atomic mass is 79.9. The van der Waals surface area contributed by atoms with Gasteiger partial charge in [-0.15, -0.1) is 0 Å². The van der Waals surface area contributed by atoms with E-state index in [0.717, 1.165) is 13.0 Å². The number of benzene rings is 1. The maximum Gasteiger partial charge on any atom is 0.137 e. The number of hydrogen-bond donors (Lipinski definition) is 1. The Balaban J connectivity index is 2.93. The van der Waals surface area contributed by atoms with E-state index in [2.05, 4.69) is 42.0 Å². The monoisotopic (exact) mass is 329 g/mol. The van der Waals surface area contributed by atoms with Crippen molar-refractivity contribution in [3.8, 4) is 0 Å². The average molecular weight is 330 g/mol. The van der Waals surface area contributed by atoms with E-state index >= 15 is 0 Å². The molecular weight excluding hydrogens is 305 g/mol. The van der Waals surface area contributed by atoms with Crippen molar-refractivity contribution in [2.24, 2.45) is 5.92 Å². The summed E-state index contributed by atoms with van der Waals surface area (Å²) in [6, 6.07) is 5.69. The lowest BCUT2D eigenvalue weighted by Gasteiger charge is -2.28. The number of nitrogens with one attached hydrogen (secondary N) is 1. The minimum atomic E-state index is -0.194. The Bertz CT molecular complexity index is 381. The van der Waals surface area contributed by atoms with E-state index in [1.807, 2.05) is 12.1 Å². The first kappa shape index (κ1) is 16.6. The molecule has 0 aliphatic heterocycles. The van der Waals surface area contributed by atoms with E-state index in [4.69, 9.17) is 0 Å². The van der Waals surface area contributed by atoms with E-state index in [1.54, 1.807) is 6.07 Å². The number of hydrogen-bond acceptors (Lipinski definition) is 1. The van der Waals surface area contributed by atoms with Gasteiger partial charge in [0.25, 0.3) is 0 Å². The van der Waals surface area contributed by atoms with Gasteiger partial charge in [-0.2, -0.15) is 0 Å². The molecule has 0 heterocycles. The smallest absolute Gasteiger partial charge is 0.137 e. The molecule has 108 valence electrons. The number of halogens is 2. The Hall–Kier alpha value is -0.410. The lowest BCUT2D eigenvalue weighted by atomic mass is 9.87. The molecule has 0 radical (unpaired) electrons. The normalized spacial score (nSPS) is 14.4. The van der Waals surface area contributed by atoms with Crippen LogP contribution in [0.4, 0.5) is 4.39 Å². The molecule has 3 heteroatoms. The highest BCUT2D eigenvalue weighted by molar-refractivity contribution is 9.10.